The van der Waals surface area contributed by atoms with Gasteiger partial charge in [0.1, 0.15) is 6.10 Å². The molecule has 0 fully saturated rings. The lowest BCUT2D eigenvalue weighted by Crippen LogP contribution is -2.14. The number of nitrogens with zero attached hydrogens (tertiary/aromatic N) is 1. The third-order valence-corrected chi connectivity index (χ3v) is 2.93. The third-order valence-electron chi connectivity index (χ3n) is 2.25. The topological polar surface area (TPSA) is 70.3 Å². The van der Waals surface area contributed by atoms with Crippen LogP contribution in [0.3, 0.4) is 0 Å². The molecule has 0 spiro atoms. The van der Waals surface area contributed by atoms with Gasteiger partial charge in [0, 0.05) is 0 Å². The van der Waals surface area contributed by atoms with E-state index in [1.807, 2.05) is 28.7 Å². The third kappa shape index (κ3) is 3.55. The number of carbonyl (C=O) groups is 1. The summed E-state index contributed by atoms with van der Waals surface area (Å²) in [4.78, 5) is 11.6. The fourth-order valence-electron chi connectivity index (χ4n) is 1.39. The van der Waals surface area contributed by atoms with Crippen molar-refractivity contribution in [1.29, 1.82) is 5.26 Å². The molecular formula is C13H12INO3. The average Bonchev–Trinajstić information content (AvgIpc) is 2.40. The predicted octanol–water partition coefficient (Wildman–Crippen LogP) is 2.47. The summed E-state index contributed by atoms with van der Waals surface area (Å²) in [6.07, 6.45) is -1.09. The molecule has 0 aliphatic carbocycles. The zero-order chi connectivity index (χ0) is 13.5. The van der Waals surface area contributed by atoms with Gasteiger partial charge in [-0.25, -0.2) is 4.79 Å². The number of aliphatic hydroxyl groups is 1. The number of esters is 1. The molecule has 0 saturated carbocycles. The number of hydrogen-bond acceptors (Lipinski definition) is 4. The number of aliphatic hydroxyl groups excluding tert-OH is 1. The largest absolute Gasteiger partial charge is 0.463 e. The van der Waals surface area contributed by atoms with Crippen molar-refractivity contribution in [3.8, 4) is 6.07 Å². The van der Waals surface area contributed by atoms with Crippen LogP contribution >= 0.6 is 22.6 Å². The Bertz CT molecular complexity index is 505. The number of benzene rings is 1. The number of nitriles is 1. The van der Waals surface area contributed by atoms with Crippen LogP contribution in [-0.2, 0) is 9.53 Å². The predicted molar refractivity (Wildman–Crippen MR) is 74.9 cm³/mol. The van der Waals surface area contributed by atoms with E-state index >= 15 is 0 Å². The highest BCUT2D eigenvalue weighted by atomic mass is 127. The van der Waals surface area contributed by atoms with Crippen molar-refractivity contribution in [1.82, 2.24) is 0 Å². The van der Waals surface area contributed by atoms with Gasteiger partial charge >= 0.3 is 5.97 Å². The molecule has 0 unspecified atom stereocenters. The summed E-state index contributed by atoms with van der Waals surface area (Å²) in [5, 5.41) is 18.9. The van der Waals surface area contributed by atoms with E-state index in [2.05, 4.69) is 0 Å². The molecule has 0 bridgehead atoms. The molecule has 4 nitrogen and oxygen atoms in total. The minimum atomic E-state index is -1.09. The molecule has 94 valence electrons. The van der Waals surface area contributed by atoms with Gasteiger partial charge in [-0.3, -0.25) is 0 Å². The highest BCUT2D eigenvalue weighted by Gasteiger charge is 2.21. The minimum Gasteiger partial charge on any atom is -0.463 e. The standard InChI is InChI=1S/C13H12INO3/c1-2-18-13(17)11(7-14)12(16)10-5-3-4-9(6-10)8-15/h3-7,12,16H,2H2,1H3/b11-7-/t12-/m0/s1. The average molecular weight is 357 g/mol. The molecule has 1 aromatic carbocycles. The second kappa shape index (κ2) is 7.13. The van der Waals surface area contributed by atoms with Gasteiger partial charge in [0.25, 0.3) is 0 Å². The van der Waals surface area contributed by atoms with Crippen molar-refractivity contribution in [3.05, 3.63) is 45.0 Å². The van der Waals surface area contributed by atoms with E-state index in [0.29, 0.717) is 11.1 Å². The van der Waals surface area contributed by atoms with E-state index in [0.717, 1.165) is 0 Å². The smallest absolute Gasteiger partial charge is 0.337 e. The van der Waals surface area contributed by atoms with Crippen molar-refractivity contribution in [3.63, 3.8) is 0 Å². The lowest BCUT2D eigenvalue weighted by molar-refractivity contribution is -0.139. The Balaban J connectivity index is 3.01. The van der Waals surface area contributed by atoms with E-state index < -0.39 is 12.1 Å². The quantitative estimate of drug-likeness (QED) is 0.511. The first kappa shape index (κ1) is 14.7. The molecule has 0 heterocycles. The van der Waals surface area contributed by atoms with Crippen molar-refractivity contribution in [2.75, 3.05) is 6.61 Å². The van der Waals surface area contributed by atoms with Crippen LogP contribution in [0.25, 0.3) is 0 Å². The molecule has 0 aliphatic rings. The monoisotopic (exact) mass is 357 g/mol. The van der Waals surface area contributed by atoms with Crippen LogP contribution in [0.4, 0.5) is 0 Å². The molecular weight excluding hydrogens is 345 g/mol. The molecule has 18 heavy (non-hydrogen) atoms. The lowest BCUT2D eigenvalue weighted by atomic mass is 10.0. The molecule has 0 radical (unpaired) electrons. The van der Waals surface area contributed by atoms with Crippen molar-refractivity contribution < 1.29 is 14.6 Å². The highest BCUT2D eigenvalue weighted by Crippen LogP contribution is 2.24. The maximum atomic E-state index is 11.6. The number of carbonyl (C=O) groups excluding carboxylic acids is 1. The summed E-state index contributed by atoms with van der Waals surface area (Å²) in [7, 11) is 0. The van der Waals surface area contributed by atoms with Crippen LogP contribution in [0.15, 0.2) is 33.9 Å². The molecule has 1 rings (SSSR count). The fourth-order valence-corrected chi connectivity index (χ4v) is 1.98. The van der Waals surface area contributed by atoms with E-state index in [4.69, 9.17) is 10.00 Å². The summed E-state index contributed by atoms with van der Waals surface area (Å²) >= 11 is 1.88. The van der Waals surface area contributed by atoms with E-state index in [1.165, 1.54) is 4.08 Å². The Morgan fingerprint density at radius 3 is 2.94 bits per heavy atom. The normalized spacial score (nSPS) is 12.7. The number of ether oxygens (including phenoxy) is 1. The van der Waals surface area contributed by atoms with Crippen molar-refractivity contribution >= 4 is 28.6 Å². The molecule has 1 atom stereocenters. The zero-order valence-electron chi connectivity index (χ0n) is 9.76. The van der Waals surface area contributed by atoms with Crippen LogP contribution in [0.2, 0.25) is 0 Å². The van der Waals surface area contributed by atoms with Gasteiger partial charge in [-0.15, -0.1) is 0 Å². The van der Waals surface area contributed by atoms with Gasteiger partial charge in [0.2, 0.25) is 0 Å². The summed E-state index contributed by atoms with van der Waals surface area (Å²) < 4.78 is 6.34. The molecule has 1 aromatic rings. The van der Waals surface area contributed by atoms with E-state index in [1.54, 1.807) is 31.2 Å². The molecule has 0 aliphatic heterocycles. The Kier molecular flexibility index (Phi) is 5.82. The van der Waals surface area contributed by atoms with E-state index in [9.17, 15) is 9.90 Å². The fraction of sp³-hybridized carbons (Fsp3) is 0.231. The van der Waals surface area contributed by atoms with Crippen LogP contribution in [0.1, 0.15) is 24.2 Å². The van der Waals surface area contributed by atoms with Crippen molar-refractivity contribution in [2.45, 2.75) is 13.0 Å². The lowest BCUT2D eigenvalue weighted by Gasteiger charge is -2.13. The number of rotatable bonds is 4. The van der Waals surface area contributed by atoms with Gasteiger partial charge < -0.3 is 9.84 Å². The second-order valence-corrected chi connectivity index (χ2v) is 4.05. The molecule has 5 heteroatoms. The maximum Gasteiger partial charge on any atom is 0.337 e. The van der Waals surface area contributed by atoms with Crippen LogP contribution < -0.4 is 0 Å². The summed E-state index contributed by atoms with van der Waals surface area (Å²) in [5.74, 6) is -0.554. The Hall–Kier alpha value is -1.39. The molecule has 0 aromatic heterocycles. The minimum absolute atomic E-state index is 0.160. The maximum absolute atomic E-state index is 11.6. The summed E-state index contributed by atoms with van der Waals surface area (Å²) in [6.45, 7) is 1.95. The first-order chi connectivity index (χ1) is 8.63. The first-order valence-electron chi connectivity index (χ1n) is 5.29. The Labute approximate surface area is 119 Å². The molecule has 1 N–H and O–H groups in total. The van der Waals surface area contributed by atoms with Gasteiger partial charge in [-0.1, -0.05) is 34.7 Å². The summed E-state index contributed by atoms with van der Waals surface area (Å²) in [6, 6.07) is 8.48. The first-order valence-corrected chi connectivity index (χ1v) is 6.54. The van der Waals surface area contributed by atoms with Crippen LogP contribution in [0, 0.1) is 11.3 Å². The summed E-state index contributed by atoms with van der Waals surface area (Å²) in [5.41, 5.74) is 1.08. The van der Waals surface area contributed by atoms with Crippen molar-refractivity contribution in [2.24, 2.45) is 0 Å². The van der Waals surface area contributed by atoms with E-state index in [-0.39, 0.29) is 12.2 Å². The van der Waals surface area contributed by atoms with Crippen LogP contribution in [-0.4, -0.2) is 17.7 Å². The van der Waals surface area contributed by atoms with Gasteiger partial charge in [0.05, 0.1) is 23.8 Å². The Morgan fingerprint density at radius 1 is 1.67 bits per heavy atom. The SMILES string of the molecule is CCOC(=O)/C(=C\I)[C@@H](O)c1cccc(C#N)c1. The molecule has 0 saturated heterocycles. The zero-order valence-corrected chi connectivity index (χ0v) is 11.9. The van der Waals surface area contributed by atoms with Gasteiger partial charge in [-0.2, -0.15) is 5.26 Å². The highest BCUT2D eigenvalue weighted by molar-refractivity contribution is 14.1. The Morgan fingerprint density at radius 2 is 2.39 bits per heavy atom. The van der Waals surface area contributed by atoms with Gasteiger partial charge in [-0.05, 0) is 28.7 Å². The molecule has 0 amide bonds. The number of hydrogen-bond donors (Lipinski definition) is 1. The van der Waals surface area contributed by atoms with Crippen LogP contribution in [0.5, 0.6) is 0 Å². The number of halogens is 1. The van der Waals surface area contributed by atoms with Gasteiger partial charge in [0.15, 0.2) is 0 Å². The second-order valence-electron chi connectivity index (χ2n) is 3.42.